The Bertz CT molecular complexity index is 527. The molecule has 0 N–H and O–H groups in total. The third-order valence-corrected chi connectivity index (χ3v) is 4.72. The molecular weight excluding hydrogens is 247 g/mol. The molecule has 0 spiro atoms. The summed E-state index contributed by atoms with van der Waals surface area (Å²) in [5.74, 6) is 1.18. The second-order valence-corrected chi connectivity index (χ2v) is 6.97. The van der Waals surface area contributed by atoms with Crippen molar-refractivity contribution in [3.63, 3.8) is 0 Å². The van der Waals surface area contributed by atoms with Crippen LogP contribution in [0.3, 0.4) is 0 Å². The molecule has 0 bridgehead atoms. The van der Waals surface area contributed by atoms with Crippen LogP contribution in [-0.4, -0.2) is 0 Å². The van der Waals surface area contributed by atoms with E-state index in [1.54, 1.807) is 5.56 Å². The van der Waals surface area contributed by atoms with Crippen molar-refractivity contribution in [3.05, 3.63) is 59.7 Å². The summed E-state index contributed by atoms with van der Waals surface area (Å²) >= 11 is 0. The van der Waals surface area contributed by atoms with Gasteiger partial charge in [-0.1, -0.05) is 84.8 Å². The molecule has 0 aromatic heterocycles. The van der Waals surface area contributed by atoms with Crippen molar-refractivity contribution in [2.45, 2.75) is 39.5 Å². The highest BCUT2D eigenvalue weighted by atomic mass is 31.1. The van der Waals surface area contributed by atoms with Crippen LogP contribution >= 0.6 is 8.58 Å². The van der Waals surface area contributed by atoms with Crippen molar-refractivity contribution >= 4 is 19.2 Å². The minimum atomic E-state index is 0.588. The Kier molecular flexibility index (Phi) is 4.77. The molecule has 2 aromatic rings. The van der Waals surface area contributed by atoms with E-state index in [0.717, 1.165) is 8.58 Å². The van der Waals surface area contributed by atoms with Crippen LogP contribution in [0.5, 0.6) is 0 Å². The quantitative estimate of drug-likeness (QED) is 0.714. The molecule has 1 atom stereocenters. The summed E-state index contributed by atoms with van der Waals surface area (Å²) in [7, 11) is 0.757. The summed E-state index contributed by atoms with van der Waals surface area (Å²) in [4.78, 5) is 0. The average Bonchev–Trinajstić information content (AvgIpc) is 2.39. The largest absolute Gasteiger partial charge is 0.0622 e. The number of hydrogen-bond acceptors (Lipinski definition) is 0. The van der Waals surface area contributed by atoms with Gasteiger partial charge in [0, 0.05) is 0 Å². The van der Waals surface area contributed by atoms with E-state index in [9.17, 15) is 0 Å². The van der Waals surface area contributed by atoms with E-state index in [2.05, 4.69) is 76.2 Å². The fraction of sp³-hybridized carbons (Fsp3) is 0.333. The van der Waals surface area contributed by atoms with Crippen molar-refractivity contribution in [1.82, 2.24) is 0 Å². The van der Waals surface area contributed by atoms with Crippen LogP contribution in [0, 0.1) is 0 Å². The maximum atomic E-state index is 2.31. The zero-order valence-electron chi connectivity index (χ0n) is 12.3. The van der Waals surface area contributed by atoms with Crippen LogP contribution in [0.4, 0.5) is 0 Å². The van der Waals surface area contributed by atoms with E-state index >= 15 is 0 Å². The minimum absolute atomic E-state index is 0.588. The Morgan fingerprint density at radius 1 is 0.737 bits per heavy atom. The van der Waals surface area contributed by atoms with E-state index in [4.69, 9.17) is 0 Å². The second kappa shape index (κ2) is 6.35. The molecule has 0 aliphatic carbocycles. The zero-order chi connectivity index (χ0) is 13.8. The Balaban J connectivity index is 2.42. The number of hydrogen-bond donors (Lipinski definition) is 0. The van der Waals surface area contributed by atoms with Gasteiger partial charge in [0.2, 0.25) is 0 Å². The standard InChI is InChI=1S/C18H23P/c1-13(2)16-11-8-12-17(18(16)14(3)4)19-15-9-6-5-7-10-15/h5-14,19H,1-4H3. The molecule has 100 valence electrons. The molecule has 0 fully saturated rings. The SMILES string of the molecule is CC(C)c1cccc(Pc2ccccc2)c1C(C)C. The lowest BCUT2D eigenvalue weighted by Gasteiger charge is -2.20. The molecule has 0 heterocycles. The Hall–Kier alpha value is -1.13. The van der Waals surface area contributed by atoms with E-state index in [1.165, 1.54) is 16.2 Å². The van der Waals surface area contributed by atoms with Crippen molar-refractivity contribution in [1.29, 1.82) is 0 Å². The van der Waals surface area contributed by atoms with Crippen molar-refractivity contribution < 1.29 is 0 Å². The molecule has 0 saturated carbocycles. The van der Waals surface area contributed by atoms with Crippen LogP contribution in [-0.2, 0) is 0 Å². The highest BCUT2D eigenvalue weighted by molar-refractivity contribution is 7.55. The first-order valence-corrected chi connectivity index (χ1v) is 8.04. The monoisotopic (exact) mass is 270 g/mol. The Morgan fingerprint density at radius 2 is 1.42 bits per heavy atom. The highest BCUT2D eigenvalue weighted by Crippen LogP contribution is 2.28. The summed E-state index contributed by atoms with van der Waals surface area (Å²) in [5, 5.41) is 2.93. The summed E-state index contributed by atoms with van der Waals surface area (Å²) in [6.45, 7) is 9.19. The average molecular weight is 270 g/mol. The molecule has 0 aliphatic heterocycles. The first kappa shape index (κ1) is 14.3. The summed E-state index contributed by atoms with van der Waals surface area (Å²) in [6.07, 6.45) is 0. The third kappa shape index (κ3) is 3.45. The predicted molar refractivity (Wildman–Crippen MR) is 88.6 cm³/mol. The van der Waals surface area contributed by atoms with Gasteiger partial charge in [-0.3, -0.25) is 0 Å². The van der Waals surface area contributed by atoms with Gasteiger partial charge < -0.3 is 0 Å². The molecule has 19 heavy (non-hydrogen) atoms. The van der Waals surface area contributed by atoms with Crippen LogP contribution < -0.4 is 10.6 Å². The van der Waals surface area contributed by atoms with Crippen LogP contribution in [0.15, 0.2) is 48.5 Å². The van der Waals surface area contributed by atoms with Gasteiger partial charge in [-0.2, -0.15) is 0 Å². The fourth-order valence-corrected chi connectivity index (χ4v) is 3.93. The first-order valence-electron chi connectivity index (χ1n) is 7.04. The minimum Gasteiger partial charge on any atom is -0.0622 e. The van der Waals surface area contributed by atoms with Gasteiger partial charge in [-0.15, -0.1) is 0 Å². The van der Waals surface area contributed by atoms with Crippen LogP contribution in [0.25, 0.3) is 0 Å². The normalized spacial score (nSPS) is 11.9. The molecular formula is C18H23P. The highest BCUT2D eigenvalue weighted by Gasteiger charge is 2.14. The maximum absolute atomic E-state index is 2.31. The predicted octanol–water partition coefficient (Wildman–Crippen LogP) is 4.56. The van der Waals surface area contributed by atoms with Gasteiger partial charge in [0.1, 0.15) is 0 Å². The molecule has 0 amide bonds. The second-order valence-electron chi connectivity index (χ2n) is 5.61. The van der Waals surface area contributed by atoms with E-state index < -0.39 is 0 Å². The lowest BCUT2D eigenvalue weighted by molar-refractivity contribution is 0.795. The van der Waals surface area contributed by atoms with Crippen molar-refractivity contribution in [2.24, 2.45) is 0 Å². The molecule has 0 saturated heterocycles. The van der Waals surface area contributed by atoms with Crippen molar-refractivity contribution in [3.8, 4) is 0 Å². The molecule has 0 nitrogen and oxygen atoms in total. The van der Waals surface area contributed by atoms with Gasteiger partial charge in [-0.05, 0) is 33.6 Å². The van der Waals surface area contributed by atoms with E-state index in [1.807, 2.05) is 0 Å². The van der Waals surface area contributed by atoms with Gasteiger partial charge in [0.25, 0.3) is 0 Å². The third-order valence-electron chi connectivity index (χ3n) is 3.39. The fourth-order valence-electron chi connectivity index (χ4n) is 2.52. The molecule has 1 unspecified atom stereocenters. The topological polar surface area (TPSA) is 0 Å². The Morgan fingerprint density at radius 3 is 2.00 bits per heavy atom. The maximum Gasteiger partial charge on any atom is -0.0189 e. The van der Waals surface area contributed by atoms with Gasteiger partial charge in [-0.25, -0.2) is 0 Å². The first-order chi connectivity index (χ1) is 9.09. The summed E-state index contributed by atoms with van der Waals surface area (Å²) in [6, 6.07) is 17.6. The van der Waals surface area contributed by atoms with Gasteiger partial charge in [0.15, 0.2) is 0 Å². The van der Waals surface area contributed by atoms with Gasteiger partial charge >= 0.3 is 0 Å². The van der Waals surface area contributed by atoms with E-state index in [0.29, 0.717) is 11.8 Å². The molecule has 0 aliphatic rings. The zero-order valence-corrected chi connectivity index (χ0v) is 13.3. The van der Waals surface area contributed by atoms with Gasteiger partial charge in [0.05, 0.1) is 0 Å². The molecule has 2 rings (SSSR count). The lowest BCUT2D eigenvalue weighted by atomic mass is 9.91. The number of benzene rings is 2. The Labute approximate surface area is 119 Å². The molecule has 1 heteroatoms. The van der Waals surface area contributed by atoms with Crippen LogP contribution in [0.1, 0.15) is 50.7 Å². The summed E-state index contributed by atoms with van der Waals surface area (Å²) < 4.78 is 0. The molecule has 2 aromatic carbocycles. The van der Waals surface area contributed by atoms with Crippen molar-refractivity contribution in [2.75, 3.05) is 0 Å². The lowest BCUT2D eigenvalue weighted by Crippen LogP contribution is -2.14. The summed E-state index contributed by atoms with van der Waals surface area (Å²) in [5.41, 5.74) is 3.07. The number of rotatable bonds is 4. The molecule has 0 radical (unpaired) electrons. The van der Waals surface area contributed by atoms with Crippen LogP contribution in [0.2, 0.25) is 0 Å². The smallest absolute Gasteiger partial charge is 0.0189 e. The van der Waals surface area contributed by atoms with E-state index in [-0.39, 0.29) is 0 Å².